The van der Waals surface area contributed by atoms with Gasteiger partial charge in [-0.05, 0) is 36.4 Å². The number of thiophene rings is 1. The molecule has 0 radical (unpaired) electrons. The predicted molar refractivity (Wildman–Crippen MR) is 118 cm³/mol. The van der Waals surface area contributed by atoms with Crippen LogP contribution >= 0.6 is 11.3 Å². The smallest absolute Gasteiger partial charge is 0.256 e. The van der Waals surface area contributed by atoms with Crippen molar-refractivity contribution in [1.82, 2.24) is 9.21 Å². The SMILES string of the molecule is O=C(Nc1ccccc1C(=O)N1CCOCC1)C1CCN(S(=O)(=O)c2cccs2)CC1. The Bertz CT molecular complexity index is 1030. The summed E-state index contributed by atoms with van der Waals surface area (Å²) in [5, 5.41) is 4.64. The number of para-hydroxylation sites is 1. The first-order chi connectivity index (χ1) is 15.0. The molecule has 2 aromatic rings. The third-order valence-corrected chi connectivity index (χ3v) is 8.90. The molecule has 2 fully saturated rings. The Morgan fingerprint density at radius 2 is 1.71 bits per heavy atom. The number of carbonyl (C=O) groups is 2. The fraction of sp³-hybridized carbons (Fsp3) is 0.429. The van der Waals surface area contributed by atoms with Crippen LogP contribution in [0.25, 0.3) is 0 Å². The first kappa shape index (κ1) is 21.9. The first-order valence-corrected chi connectivity index (χ1v) is 12.6. The maximum atomic E-state index is 12.9. The molecule has 10 heteroatoms. The van der Waals surface area contributed by atoms with Crippen LogP contribution in [0.2, 0.25) is 0 Å². The Labute approximate surface area is 185 Å². The molecule has 1 N–H and O–H groups in total. The number of carbonyl (C=O) groups excluding carboxylic acids is 2. The Hall–Kier alpha value is -2.27. The number of morpholine rings is 1. The standard InChI is InChI=1S/C21H25N3O5S2/c25-20(16-7-9-24(10-8-16)31(27,28)19-6-3-15-30-19)22-18-5-2-1-4-17(18)21(26)23-11-13-29-14-12-23/h1-6,15-16H,7-14H2,(H,22,25). The van der Waals surface area contributed by atoms with E-state index in [1.807, 2.05) is 0 Å². The van der Waals surface area contributed by atoms with Crippen LogP contribution in [-0.4, -0.2) is 68.8 Å². The molecule has 1 aromatic carbocycles. The number of rotatable bonds is 5. The third-order valence-electron chi connectivity index (χ3n) is 5.63. The van der Waals surface area contributed by atoms with Crippen molar-refractivity contribution in [3.63, 3.8) is 0 Å². The molecule has 0 aliphatic carbocycles. The maximum Gasteiger partial charge on any atom is 0.256 e. The van der Waals surface area contributed by atoms with Gasteiger partial charge in [0.05, 0.1) is 24.5 Å². The summed E-state index contributed by atoms with van der Waals surface area (Å²) in [7, 11) is -3.50. The Kier molecular flexibility index (Phi) is 6.71. The summed E-state index contributed by atoms with van der Waals surface area (Å²) in [6.07, 6.45) is 0.881. The quantitative estimate of drug-likeness (QED) is 0.734. The summed E-state index contributed by atoms with van der Waals surface area (Å²) < 4.78 is 32.4. The Morgan fingerprint density at radius 1 is 1.00 bits per heavy atom. The molecule has 31 heavy (non-hydrogen) atoms. The van der Waals surface area contributed by atoms with E-state index in [4.69, 9.17) is 4.74 Å². The fourth-order valence-electron chi connectivity index (χ4n) is 3.85. The minimum atomic E-state index is -3.50. The van der Waals surface area contributed by atoms with Crippen LogP contribution < -0.4 is 5.32 Å². The largest absolute Gasteiger partial charge is 0.378 e. The number of hydrogen-bond acceptors (Lipinski definition) is 6. The predicted octanol–water partition coefficient (Wildman–Crippen LogP) is 2.26. The lowest BCUT2D eigenvalue weighted by Crippen LogP contribution is -2.42. The van der Waals surface area contributed by atoms with Gasteiger partial charge in [-0.25, -0.2) is 8.42 Å². The molecular formula is C21H25N3O5S2. The summed E-state index contributed by atoms with van der Waals surface area (Å²) in [5.74, 6) is -0.618. The van der Waals surface area contributed by atoms with Crippen molar-refractivity contribution in [3.8, 4) is 0 Å². The topological polar surface area (TPSA) is 96.0 Å². The van der Waals surface area contributed by atoms with Crippen LogP contribution in [0.5, 0.6) is 0 Å². The van der Waals surface area contributed by atoms with Gasteiger partial charge in [-0.1, -0.05) is 18.2 Å². The average Bonchev–Trinajstić information content (AvgIpc) is 3.36. The second-order valence-corrected chi connectivity index (χ2v) is 10.7. The van der Waals surface area contributed by atoms with Gasteiger partial charge in [0, 0.05) is 32.1 Å². The minimum absolute atomic E-state index is 0.129. The van der Waals surface area contributed by atoms with E-state index in [1.54, 1.807) is 46.7 Å². The van der Waals surface area contributed by atoms with Crippen molar-refractivity contribution < 1.29 is 22.7 Å². The number of ether oxygens (including phenoxy) is 1. The number of nitrogens with zero attached hydrogens (tertiary/aromatic N) is 2. The average molecular weight is 464 g/mol. The van der Waals surface area contributed by atoms with E-state index in [1.165, 1.54) is 15.6 Å². The van der Waals surface area contributed by atoms with E-state index in [0.29, 0.717) is 67.7 Å². The summed E-state index contributed by atoms with van der Waals surface area (Å²) >= 11 is 1.20. The number of piperidine rings is 1. The lowest BCUT2D eigenvalue weighted by atomic mass is 9.97. The number of anilines is 1. The van der Waals surface area contributed by atoms with Gasteiger partial charge in [-0.3, -0.25) is 9.59 Å². The molecule has 8 nitrogen and oxygen atoms in total. The highest BCUT2D eigenvalue weighted by Crippen LogP contribution is 2.27. The van der Waals surface area contributed by atoms with Crippen LogP contribution in [0.4, 0.5) is 5.69 Å². The van der Waals surface area contributed by atoms with Crippen LogP contribution in [0, 0.1) is 5.92 Å². The molecule has 0 bridgehead atoms. The van der Waals surface area contributed by atoms with E-state index in [-0.39, 0.29) is 17.7 Å². The molecule has 2 amide bonds. The van der Waals surface area contributed by atoms with Gasteiger partial charge in [-0.15, -0.1) is 11.3 Å². The van der Waals surface area contributed by atoms with Gasteiger partial charge in [0.25, 0.3) is 15.9 Å². The third kappa shape index (κ3) is 4.82. The van der Waals surface area contributed by atoms with E-state index in [2.05, 4.69) is 5.32 Å². The van der Waals surface area contributed by atoms with Gasteiger partial charge in [-0.2, -0.15) is 4.31 Å². The molecule has 2 aliphatic rings. The lowest BCUT2D eigenvalue weighted by molar-refractivity contribution is -0.120. The molecule has 3 heterocycles. The van der Waals surface area contributed by atoms with E-state index in [0.717, 1.165) is 0 Å². The molecular weight excluding hydrogens is 438 g/mol. The number of hydrogen-bond donors (Lipinski definition) is 1. The fourth-order valence-corrected chi connectivity index (χ4v) is 6.46. The number of benzene rings is 1. The second kappa shape index (κ2) is 9.47. The first-order valence-electron chi connectivity index (χ1n) is 10.3. The molecule has 0 atom stereocenters. The molecule has 0 unspecified atom stereocenters. The highest BCUT2D eigenvalue weighted by Gasteiger charge is 2.33. The van der Waals surface area contributed by atoms with Crippen LogP contribution in [0.3, 0.4) is 0 Å². The zero-order valence-corrected chi connectivity index (χ0v) is 18.7. The summed E-state index contributed by atoms with van der Waals surface area (Å²) in [4.78, 5) is 27.5. The number of nitrogens with one attached hydrogen (secondary N) is 1. The van der Waals surface area contributed by atoms with Crippen molar-refractivity contribution in [2.24, 2.45) is 5.92 Å². The Balaban J connectivity index is 1.39. The lowest BCUT2D eigenvalue weighted by Gasteiger charge is -2.30. The highest BCUT2D eigenvalue weighted by molar-refractivity contribution is 7.91. The summed E-state index contributed by atoms with van der Waals surface area (Å²) in [6.45, 7) is 2.66. The van der Waals surface area contributed by atoms with Crippen LogP contribution in [-0.2, 0) is 19.6 Å². The van der Waals surface area contributed by atoms with Crippen molar-refractivity contribution in [2.75, 3.05) is 44.7 Å². The number of sulfonamides is 1. The van der Waals surface area contributed by atoms with E-state index < -0.39 is 10.0 Å². The second-order valence-electron chi connectivity index (χ2n) is 7.55. The van der Waals surface area contributed by atoms with Crippen LogP contribution in [0.1, 0.15) is 23.2 Å². The van der Waals surface area contributed by atoms with Gasteiger partial charge in [0.1, 0.15) is 4.21 Å². The molecule has 2 aliphatic heterocycles. The molecule has 1 aromatic heterocycles. The van der Waals surface area contributed by atoms with Crippen molar-refractivity contribution in [2.45, 2.75) is 17.1 Å². The summed E-state index contributed by atoms with van der Waals surface area (Å²) in [5.41, 5.74) is 0.938. The van der Waals surface area contributed by atoms with Gasteiger partial charge in [0.15, 0.2) is 0 Å². The zero-order chi connectivity index (χ0) is 21.8. The highest BCUT2D eigenvalue weighted by atomic mass is 32.2. The van der Waals surface area contributed by atoms with Crippen LogP contribution in [0.15, 0.2) is 46.0 Å². The molecule has 0 spiro atoms. The molecule has 166 valence electrons. The Morgan fingerprint density at radius 3 is 2.39 bits per heavy atom. The normalized spacial score (nSPS) is 18.6. The van der Waals surface area contributed by atoms with Crippen molar-refractivity contribution in [3.05, 3.63) is 47.3 Å². The van der Waals surface area contributed by atoms with Gasteiger partial charge in [0.2, 0.25) is 5.91 Å². The van der Waals surface area contributed by atoms with Crippen molar-refractivity contribution >= 4 is 38.9 Å². The summed E-state index contributed by atoms with van der Waals surface area (Å²) in [6, 6.07) is 10.3. The minimum Gasteiger partial charge on any atom is -0.378 e. The van der Waals surface area contributed by atoms with E-state index >= 15 is 0 Å². The molecule has 2 saturated heterocycles. The van der Waals surface area contributed by atoms with E-state index in [9.17, 15) is 18.0 Å². The van der Waals surface area contributed by atoms with Crippen molar-refractivity contribution in [1.29, 1.82) is 0 Å². The monoisotopic (exact) mass is 463 g/mol. The van der Waals surface area contributed by atoms with Gasteiger partial charge >= 0.3 is 0 Å². The maximum absolute atomic E-state index is 12.9. The molecule has 4 rings (SSSR count). The number of amides is 2. The van der Waals surface area contributed by atoms with Gasteiger partial charge < -0.3 is 15.0 Å². The molecule has 0 saturated carbocycles. The zero-order valence-electron chi connectivity index (χ0n) is 17.0.